The van der Waals surface area contributed by atoms with Crippen molar-refractivity contribution >= 4 is 17.5 Å². The molecule has 32 heavy (non-hydrogen) atoms. The largest absolute Gasteiger partial charge is 0.433 e. The molecule has 0 bridgehead atoms. The summed E-state index contributed by atoms with van der Waals surface area (Å²) in [5.74, 6) is -0.419. The first-order valence-electron chi connectivity index (χ1n) is 9.92. The summed E-state index contributed by atoms with van der Waals surface area (Å²) in [6.45, 7) is 2.99. The van der Waals surface area contributed by atoms with Crippen LogP contribution in [0, 0.1) is 6.92 Å². The minimum atomic E-state index is -4.55. The quantitative estimate of drug-likeness (QED) is 0.617. The van der Waals surface area contributed by atoms with Crippen LogP contribution in [-0.4, -0.2) is 40.1 Å². The number of hydrogen-bond acceptors (Lipinski definition) is 6. The maximum Gasteiger partial charge on any atom is 0.433 e. The average Bonchev–Trinajstić information content (AvgIpc) is 3.26. The van der Waals surface area contributed by atoms with Crippen molar-refractivity contribution in [2.75, 3.05) is 18.5 Å². The molecule has 1 unspecified atom stereocenters. The van der Waals surface area contributed by atoms with Crippen LogP contribution in [0.25, 0.3) is 11.1 Å². The second kappa shape index (κ2) is 8.91. The van der Waals surface area contributed by atoms with Gasteiger partial charge in [0.25, 0.3) is 5.91 Å². The molecule has 1 fully saturated rings. The number of ether oxygens (including phenoxy) is 1. The fourth-order valence-electron chi connectivity index (χ4n) is 3.33. The molecule has 10 heteroatoms. The van der Waals surface area contributed by atoms with Crippen LogP contribution < -0.4 is 10.6 Å². The number of alkyl halides is 3. The summed E-state index contributed by atoms with van der Waals surface area (Å²) in [6.07, 6.45) is -1.14. The second-order valence-corrected chi connectivity index (χ2v) is 7.44. The first kappa shape index (κ1) is 21.7. The van der Waals surface area contributed by atoms with Crippen LogP contribution in [-0.2, 0) is 10.9 Å². The number of nitrogens with zero attached hydrogens (tertiary/aromatic N) is 3. The molecule has 1 aliphatic heterocycles. The van der Waals surface area contributed by atoms with Gasteiger partial charge in [0.05, 0.1) is 12.6 Å². The maximum atomic E-state index is 12.9. The summed E-state index contributed by atoms with van der Waals surface area (Å²) >= 11 is 0. The van der Waals surface area contributed by atoms with Gasteiger partial charge >= 0.3 is 6.18 Å². The number of benzene rings is 1. The molecule has 3 aromatic rings. The van der Waals surface area contributed by atoms with Gasteiger partial charge in [0.1, 0.15) is 11.4 Å². The number of carbonyl (C=O) groups is 1. The second-order valence-electron chi connectivity index (χ2n) is 7.44. The first-order chi connectivity index (χ1) is 15.3. The van der Waals surface area contributed by atoms with Crippen molar-refractivity contribution < 1.29 is 22.7 Å². The highest BCUT2D eigenvalue weighted by Gasteiger charge is 2.32. The van der Waals surface area contributed by atoms with Crippen LogP contribution in [0.15, 0.2) is 48.8 Å². The number of carbonyl (C=O) groups excluding carboxylic acids is 1. The average molecular weight is 443 g/mol. The van der Waals surface area contributed by atoms with Crippen molar-refractivity contribution in [1.82, 2.24) is 20.3 Å². The van der Waals surface area contributed by atoms with Crippen LogP contribution in [0.1, 0.15) is 28.2 Å². The van der Waals surface area contributed by atoms with Crippen LogP contribution in [0.4, 0.5) is 24.8 Å². The van der Waals surface area contributed by atoms with Crippen molar-refractivity contribution in [2.45, 2.75) is 25.6 Å². The van der Waals surface area contributed by atoms with E-state index in [9.17, 15) is 18.0 Å². The molecule has 4 rings (SSSR count). The molecule has 0 saturated carbocycles. The van der Waals surface area contributed by atoms with Gasteiger partial charge in [0.15, 0.2) is 0 Å². The number of aryl methyl sites for hydroxylation is 1. The Kier molecular flexibility index (Phi) is 6.04. The number of rotatable bonds is 5. The summed E-state index contributed by atoms with van der Waals surface area (Å²) in [6, 6.07) is 9.64. The number of pyridine rings is 1. The molecule has 2 aromatic heterocycles. The molecule has 3 heterocycles. The number of halogens is 3. The van der Waals surface area contributed by atoms with E-state index in [0.29, 0.717) is 24.6 Å². The highest BCUT2D eigenvalue weighted by Crippen LogP contribution is 2.29. The van der Waals surface area contributed by atoms with E-state index in [1.807, 2.05) is 13.0 Å². The highest BCUT2D eigenvalue weighted by molar-refractivity contribution is 5.92. The van der Waals surface area contributed by atoms with Gasteiger partial charge in [-0.1, -0.05) is 12.1 Å². The first-order valence-corrected chi connectivity index (χ1v) is 9.92. The molecule has 1 saturated heterocycles. The van der Waals surface area contributed by atoms with Crippen LogP contribution in [0.3, 0.4) is 0 Å². The normalized spacial score (nSPS) is 16.1. The number of anilines is 2. The molecule has 1 atom stereocenters. The van der Waals surface area contributed by atoms with Gasteiger partial charge in [-0.3, -0.25) is 9.78 Å². The van der Waals surface area contributed by atoms with E-state index in [4.69, 9.17) is 4.74 Å². The Bertz CT molecular complexity index is 1110. The molecule has 0 aliphatic carbocycles. The minimum Gasteiger partial charge on any atom is -0.379 e. The molecule has 166 valence electrons. The Morgan fingerprint density at radius 2 is 1.97 bits per heavy atom. The third-order valence-corrected chi connectivity index (χ3v) is 4.87. The maximum absolute atomic E-state index is 12.9. The van der Waals surface area contributed by atoms with E-state index >= 15 is 0 Å². The summed E-state index contributed by atoms with van der Waals surface area (Å²) in [4.78, 5) is 24.0. The standard InChI is InChI=1S/C22H20F3N5O2/c1-13-8-15(10-17(9-13)29-21-26-6-4-19(30-21)22(23,24)25)14-2-3-18(27-11-14)20(31)28-16-5-7-32-12-16/h2-4,6,8-11,16H,5,7,12H2,1H3,(H,28,31)(H,26,29,30). The monoisotopic (exact) mass is 443 g/mol. The number of amides is 1. The molecule has 1 amide bonds. The zero-order valence-corrected chi connectivity index (χ0v) is 17.1. The fourth-order valence-corrected chi connectivity index (χ4v) is 3.33. The third-order valence-electron chi connectivity index (χ3n) is 4.87. The van der Waals surface area contributed by atoms with E-state index in [2.05, 4.69) is 25.6 Å². The Morgan fingerprint density at radius 1 is 1.12 bits per heavy atom. The van der Waals surface area contributed by atoms with Gasteiger partial charge in [0, 0.05) is 30.3 Å². The van der Waals surface area contributed by atoms with Crippen molar-refractivity contribution in [2.24, 2.45) is 0 Å². The molecule has 0 radical (unpaired) electrons. The van der Waals surface area contributed by atoms with Gasteiger partial charge in [0.2, 0.25) is 5.95 Å². The summed E-state index contributed by atoms with van der Waals surface area (Å²) < 4.78 is 44.0. The summed E-state index contributed by atoms with van der Waals surface area (Å²) in [5, 5.41) is 5.70. The van der Waals surface area contributed by atoms with E-state index < -0.39 is 11.9 Å². The molecule has 7 nitrogen and oxygen atoms in total. The SMILES string of the molecule is Cc1cc(Nc2nccc(C(F)(F)F)n2)cc(-c2ccc(C(=O)NC3CCOC3)nc2)c1. The summed E-state index contributed by atoms with van der Waals surface area (Å²) in [5.41, 5.74) is 2.21. The molecule has 0 spiro atoms. The molecule has 1 aromatic carbocycles. The Labute approximate surface area is 182 Å². The lowest BCUT2D eigenvalue weighted by Gasteiger charge is -2.12. The van der Waals surface area contributed by atoms with E-state index in [1.165, 1.54) is 0 Å². The van der Waals surface area contributed by atoms with Gasteiger partial charge in [-0.15, -0.1) is 0 Å². The third kappa shape index (κ3) is 5.20. The lowest BCUT2D eigenvalue weighted by Crippen LogP contribution is -2.35. The van der Waals surface area contributed by atoms with Gasteiger partial charge in [-0.25, -0.2) is 9.97 Å². The zero-order chi connectivity index (χ0) is 22.7. The van der Waals surface area contributed by atoms with E-state index in [0.717, 1.165) is 35.4 Å². The number of aromatic nitrogens is 3. The van der Waals surface area contributed by atoms with Gasteiger partial charge in [-0.2, -0.15) is 13.2 Å². The van der Waals surface area contributed by atoms with E-state index in [-0.39, 0.29) is 17.9 Å². The Balaban J connectivity index is 1.52. The predicted octanol–water partition coefficient (Wildman–Crippen LogP) is 4.13. The van der Waals surface area contributed by atoms with Crippen molar-refractivity contribution in [3.63, 3.8) is 0 Å². The van der Waals surface area contributed by atoms with Gasteiger partial charge < -0.3 is 15.4 Å². The highest BCUT2D eigenvalue weighted by atomic mass is 19.4. The number of hydrogen-bond donors (Lipinski definition) is 2. The number of nitrogens with one attached hydrogen (secondary N) is 2. The fraction of sp³-hybridized carbons (Fsp3) is 0.273. The zero-order valence-electron chi connectivity index (χ0n) is 17.1. The molecule has 1 aliphatic rings. The van der Waals surface area contributed by atoms with Crippen molar-refractivity contribution in [3.05, 3.63) is 65.7 Å². The Morgan fingerprint density at radius 3 is 2.66 bits per heavy atom. The van der Waals surface area contributed by atoms with Crippen molar-refractivity contribution in [1.29, 1.82) is 0 Å². The summed E-state index contributed by atoms with van der Waals surface area (Å²) in [7, 11) is 0. The Hall–Kier alpha value is -3.53. The molecular weight excluding hydrogens is 423 g/mol. The minimum absolute atomic E-state index is 0.00699. The molecule has 2 N–H and O–H groups in total. The lowest BCUT2D eigenvalue weighted by molar-refractivity contribution is -0.141. The topological polar surface area (TPSA) is 89.0 Å². The van der Waals surface area contributed by atoms with Crippen LogP contribution >= 0.6 is 0 Å². The van der Waals surface area contributed by atoms with Crippen LogP contribution in [0.5, 0.6) is 0 Å². The smallest absolute Gasteiger partial charge is 0.379 e. The lowest BCUT2D eigenvalue weighted by atomic mass is 10.0. The van der Waals surface area contributed by atoms with Crippen LogP contribution in [0.2, 0.25) is 0 Å². The predicted molar refractivity (Wildman–Crippen MR) is 111 cm³/mol. The molecular formula is C22H20F3N5O2. The van der Waals surface area contributed by atoms with Gasteiger partial charge in [-0.05, 0) is 48.7 Å². The van der Waals surface area contributed by atoms with Crippen molar-refractivity contribution in [3.8, 4) is 11.1 Å². The van der Waals surface area contributed by atoms with E-state index in [1.54, 1.807) is 30.5 Å².